The first-order valence-electron chi connectivity index (χ1n) is 9.77. The van der Waals surface area contributed by atoms with E-state index in [0.717, 1.165) is 56.2 Å². The molecule has 6 heteroatoms. The molecule has 4 heterocycles. The Labute approximate surface area is 154 Å². The van der Waals surface area contributed by atoms with E-state index in [1.807, 2.05) is 34.0 Å². The molecule has 4 rings (SSSR count). The quantitative estimate of drug-likeness (QED) is 0.829. The Balaban J connectivity index is 1.54. The van der Waals surface area contributed by atoms with Crippen molar-refractivity contribution in [2.75, 3.05) is 26.2 Å². The number of carbonyl (C=O) groups excluding carboxylic acids is 1. The van der Waals surface area contributed by atoms with Crippen molar-refractivity contribution >= 4 is 5.91 Å². The molecule has 0 unspecified atom stereocenters. The number of amides is 1. The molecule has 0 saturated carbocycles. The number of aryl methyl sites for hydroxylation is 1. The smallest absolute Gasteiger partial charge is 0.237 e. The van der Waals surface area contributed by atoms with Gasteiger partial charge < -0.3 is 4.90 Å². The summed E-state index contributed by atoms with van der Waals surface area (Å²) >= 11 is 0. The number of aromatic nitrogens is 3. The Morgan fingerprint density at radius 1 is 1.19 bits per heavy atom. The molecule has 2 aromatic heterocycles. The van der Waals surface area contributed by atoms with Crippen molar-refractivity contribution in [3.63, 3.8) is 0 Å². The molecule has 138 valence electrons. The third-order valence-electron chi connectivity index (χ3n) is 5.51. The maximum absolute atomic E-state index is 12.8. The lowest BCUT2D eigenvalue weighted by Gasteiger charge is -2.27. The van der Waals surface area contributed by atoms with Gasteiger partial charge in [-0.15, -0.1) is 0 Å². The van der Waals surface area contributed by atoms with E-state index in [0.29, 0.717) is 6.54 Å². The zero-order valence-corrected chi connectivity index (χ0v) is 15.5. The minimum Gasteiger partial charge on any atom is -0.333 e. The van der Waals surface area contributed by atoms with Crippen LogP contribution >= 0.6 is 0 Å². The molecule has 0 spiro atoms. The summed E-state index contributed by atoms with van der Waals surface area (Å²) in [7, 11) is 0. The zero-order chi connectivity index (χ0) is 17.9. The van der Waals surface area contributed by atoms with Gasteiger partial charge in [-0.05, 0) is 50.9 Å². The van der Waals surface area contributed by atoms with Gasteiger partial charge in [-0.3, -0.25) is 14.3 Å². The Morgan fingerprint density at radius 3 is 2.85 bits per heavy atom. The van der Waals surface area contributed by atoms with Crippen molar-refractivity contribution in [2.24, 2.45) is 0 Å². The molecule has 1 atom stereocenters. The molecule has 1 amide bonds. The van der Waals surface area contributed by atoms with E-state index in [1.54, 1.807) is 0 Å². The van der Waals surface area contributed by atoms with Crippen LogP contribution in [0.15, 0.2) is 30.6 Å². The van der Waals surface area contributed by atoms with E-state index >= 15 is 0 Å². The second-order valence-corrected chi connectivity index (χ2v) is 7.22. The average Bonchev–Trinajstić information content (AvgIpc) is 3.41. The van der Waals surface area contributed by atoms with Gasteiger partial charge in [0, 0.05) is 25.4 Å². The van der Waals surface area contributed by atoms with Crippen LogP contribution in [0.2, 0.25) is 0 Å². The van der Waals surface area contributed by atoms with Crippen molar-refractivity contribution in [1.29, 1.82) is 0 Å². The van der Waals surface area contributed by atoms with Crippen molar-refractivity contribution in [3.05, 3.63) is 42.1 Å². The minimum absolute atomic E-state index is 0.0960. The van der Waals surface area contributed by atoms with Crippen molar-refractivity contribution < 1.29 is 4.79 Å². The predicted octanol–water partition coefficient (Wildman–Crippen LogP) is 2.59. The van der Waals surface area contributed by atoms with E-state index in [9.17, 15) is 4.79 Å². The Bertz CT molecular complexity index is 765. The maximum Gasteiger partial charge on any atom is 0.237 e. The van der Waals surface area contributed by atoms with Gasteiger partial charge in [0.05, 0.1) is 18.3 Å². The van der Waals surface area contributed by atoms with Crippen LogP contribution in [0, 0.1) is 0 Å². The lowest BCUT2D eigenvalue weighted by Crippen LogP contribution is -2.39. The minimum atomic E-state index is 0.0960. The summed E-state index contributed by atoms with van der Waals surface area (Å²) in [6.45, 7) is 5.60. The number of carbonyl (C=O) groups is 1. The van der Waals surface area contributed by atoms with Crippen molar-refractivity contribution in [2.45, 2.75) is 45.1 Å². The van der Waals surface area contributed by atoms with E-state index < -0.39 is 0 Å². The lowest BCUT2D eigenvalue weighted by atomic mass is 10.1. The summed E-state index contributed by atoms with van der Waals surface area (Å²) < 4.78 is 2.04. The Morgan fingerprint density at radius 2 is 2.04 bits per heavy atom. The van der Waals surface area contributed by atoms with Crippen LogP contribution in [0.4, 0.5) is 0 Å². The van der Waals surface area contributed by atoms with Crippen LogP contribution in [-0.4, -0.2) is 56.4 Å². The molecule has 6 nitrogen and oxygen atoms in total. The number of imidazole rings is 1. The van der Waals surface area contributed by atoms with Gasteiger partial charge in [-0.2, -0.15) is 0 Å². The van der Waals surface area contributed by atoms with Crippen molar-refractivity contribution in [1.82, 2.24) is 24.3 Å². The van der Waals surface area contributed by atoms with E-state index in [2.05, 4.69) is 22.9 Å². The highest BCUT2D eigenvalue weighted by Gasteiger charge is 2.32. The highest BCUT2D eigenvalue weighted by atomic mass is 16.2. The zero-order valence-electron chi connectivity index (χ0n) is 15.5. The van der Waals surface area contributed by atoms with Crippen LogP contribution in [0.25, 0.3) is 5.82 Å². The summed E-state index contributed by atoms with van der Waals surface area (Å²) in [5.41, 5.74) is 0.991. The summed E-state index contributed by atoms with van der Waals surface area (Å²) in [5.74, 6) is 2.14. The summed E-state index contributed by atoms with van der Waals surface area (Å²) in [6, 6.07) is 6.20. The first-order valence-corrected chi connectivity index (χ1v) is 9.77. The SMILES string of the molecule is CCc1nccn1-c1cccc([C@H]2CCCN2C(=O)CN2CCCC2)n1. The number of rotatable bonds is 5. The number of hydrogen-bond donors (Lipinski definition) is 0. The number of likely N-dealkylation sites (tertiary alicyclic amines) is 2. The Hall–Kier alpha value is -2.21. The van der Waals surface area contributed by atoms with Gasteiger partial charge in [-0.25, -0.2) is 9.97 Å². The number of nitrogens with zero attached hydrogens (tertiary/aromatic N) is 5. The molecule has 2 fully saturated rings. The fourth-order valence-corrected chi connectivity index (χ4v) is 4.16. The van der Waals surface area contributed by atoms with Gasteiger partial charge in [0.1, 0.15) is 11.6 Å². The van der Waals surface area contributed by atoms with Gasteiger partial charge in [0.25, 0.3) is 0 Å². The van der Waals surface area contributed by atoms with Crippen LogP contribution in [0.3, 0.4) is 0 Å². The predicted molar refractivity (Wildman–Crippen MR) is 100 cm³/mol. The Kier molecular flexibility index (Phi) is 5.02. The van der Waals surface area contributed by atoms with E-state index in [1.165, 1.54) is 12.8 Å². The third kappa shape index (κ3) is 3.38. The van der Waals surface area contributed by atoms with Gasteiger partial charge in [-0.1, -0.05) is 13.0 Å². The monoisotopic (exact) mass is 353 g/mol. The van der Waals surface area contributed by atoms with Crippen LogP contribution in [-0.2, 0) is 11.2 Å². The summed E-state index contributed by atoms with van der Waals surface area (Å²) in [4.78, 5) is 26.4. The third-order valence-corrected chi connectivity index (χ3v) is 5.51. The molecule has 2 aliphatic rings. The number of hydrogen-bond acceptors (Lipinski definition) is 4. The largest absolute Gasteiger partial charge is 0.333 e. The lowest BCUT2D eigenvalue weighted by molar-refractivity contribution is -0.133. The van der Waals surface area contributed by atoms with E-state index in [4.69, 9.17) is 4.98 Å². The van der Waals surface area contributed by atoms with E-state index in [-0.39, 0.29) is 11.9 Å². The van der Waals surface area contributed by atoms with Crippen molar-refractivity contribution in [3.8, 4) is 5.82 Å². The fraction of sp³-hybridized carbons (Fsp3) is 0.550. The second-order valence-electron chi connectivity index (χ2n) is 7.22. The van der Waals surface area contributed by atoms with Crippen LogP contribution < -0.4 is 0 Å². The standard InChI is InChI=1S/C20H27N5O/c1-2-18-21-10-14-25(18)19-9-5-7-16(22-19)17-8-6-13-24(17)20(26)15-23-11-3-4-12-23/h5,7,9-10,14,17H,2-4,6,8,11-13,15H2,1H3/t17-/m1/s1. The molecule has 0 bridgehead atoms. The number of pyridine rings is 1. The molecule has 2 aromatic rings. The molecule has 2 aliphatic heterocycles. The second kappa shape index (κ2) is 7.58. The molecule has 2 saturated heterocycles. The first-order chi connectivity index (χ1) is 12.8. The van der Waals surface area contributed by atoms with Gasteiger partial charge >= 0.3 is 0 Å². The molecular formula is C20H27N5O. The highest BCUT2D eigenvalue weighted by molar-refractivity contribution is 5.79. The normalized spacial score (nSPS) is 20.8. The molecule has 0 aliphatic carbocycles. The van der Waals surface area contributed by atoms with Gasteiger partial charge in [0.2, 0.25) is 5.91 Å². The molecule has 0 N–H and O–H groups in total. The van der Waals surface area contributed by atoms with Gasteiger partial charge in [0.15, 0.2) is 0 Å². The van der Waals surface area contributed by atoms with Crippen LogP contribution in [0.5, 0.6) is 0 Å². The molecule has 0 aromatic carbocycles. The topological polar surface area (TPSA) is 54.3 Å². The maximum atomic E-state index is 12.8. The summed E-state index contributed by atoms with van der Waals surface area (Å²) in [5, 5.41) is 0. The average molecular weight is 353 g/mol. The molecular weight excluding hydrogens is 326 g/mol. The molecule has 26 heavy (non-hydrogen) atoms. The fourth-order valence-electron chi connectivity index (χ4n) is 4.16. The highest BCUT2D eigenvalue weighted by Crippen LogP contribution is 2.31. The summed E-state index contributed by atoms with van der Waals surface area (Å²) in [6.07, 6.45) is 9.10. The first kappa shape index (κ1) is 17.2. The van der Waals surface area contributed by atoms with Crippen LogP contribution in [0.1, 0.15) is 50.2 Å². The molecule has 0 radical (unpaired) electrons.